The lowest BCUT2D eigenvalue weighted by molar-refractivity contribution is -0.144. The van der Waals surface area contributed by atoms with Gasteiger partial charge in [-0.05, 0) is 23.8 Å². The van der Waals surface area contributed by atoms with Gasteiger partial charge in [0.2, 0.25) is 0 Å². The molecule has 0 radical (unpaired) electrons. The molecule has 24 heavy (non-hydrogen) atoms. The molecule has 130 valence electrons. The smallest absolute Gasteiger partial charge is 0.343 e. The van der Waals surface area contributed by atoms with Crippen LogP contribution in [0.3, 0.4) is 0 Å². The van der Waals surface area contributed by atoms with Crippen molar-refractivity contribution in [2.75, 3.05) is 34.5 Å². The van der Waals surface area contributed by atoms with Gasteiger partial charge in [0, 0.05) is 6.08 Å². The van der Waals surface area contributed by atoms with Crippen LogP contribution in [0.5, 0.6) is 11.5 Å². The van der Waals surface area contributed by atoms with E-state index in [2.05, 4.69) is 14.2 Å². The maximum atomic E-state index is 11.2. The average Bonchev–Trinajstić information content (AvgIpc) is 2.62. The highest BCUT2D eigenvalue weighted by atomic mass is 16.6. The van der Waals surface area contributed by atoms with Gasteiger partial charge in [-0.3, -0.25) is 0 Å². The minimum Gasteiger partial charge on any atom is -0.478 e. The van der Waals surface area contributed by atoms with E-state index in [0.29, 0.717) is 5.56 Å². The van der Waals surface area contributed by atoms with Gasteiger partial charge < -0.3 is 23.7 Å². The number of methoxy groups -OCH3 is 3. The standard InChI is InChI=1S/C16H18O8/c1-20-14(17)7-5-11-4-6-12(23-9-15(18)21-2)13(8-11)24-10-16(19)22-3/h4-8H,9-10H2,1-3H3. The SMILES string of the molecule is COC(=O)C=Cc1ccc(OCC(=O)OC)c(OCC(=O)OC)c1. The van der Waals surface area contributed by atoms with Crippen LogP contribution < -0.4 is 9.47 Å². The summed E-state index contributed by atoms with van der Waals surface area (Å²) < 4.78 is 24.1. The molecule has 1 aromatic rings. The van der Waals surface area contributed by atoms with Gasteiger partial charge >= 0.3 is 17.9 Å². The van der Waals surface area contributed by atoms with Crippen LogP contribution in [0.2, 0.25) is 0 Å². The summed E-state index contributed by atoms with van der Waals surface area (Å²) in [7, 11) is 3.73. The quantitative estimate of drug-likeness (QED) is 0.393. The fraction of sp³-hybridized carbons (Fsp3) is 0.312. The molecule has 0 heterocycles. The molecule has 0 unspecified atom stereocenters. The van der Waals surface area contributed by atoms with Crippen LogP contribution in [-0.2, 0) is 28.6 Å². The van der Waals surface area contributed by atoms with Gasteiger partial charge in [-0.2, -0.15) is 0 Å². The zero-order valence-corrected chi connectivity index (χ0v) is 13.6. The van der Waals surface area contributed by atoms with E-state index in [-0.39, 0.29) is 24.7 Å². The lowest BCUT2D eigenvalue weighted by Crippen LogP contribution is -2.15. The molecule has 0 N–H and O–H groups in total. The zero-order valence-electron chi connectivity index (χ0n) is 13.6. The molecule has 0 aromatic heterocycles. The minimum atomic E-state index is -0.579. The minimum absolute atomic E-state index is 0.205. The third kappa shape index (κ3) is 6.39. The van der Waals surface area contributed by atoms with E-state index in [9.17, 15) is 14.4 Å². The molecule has 8 heteroatoms. The third-order valence-corrected chi connectivity index (χ3v) is 2.73. The van der Waals surface area contributed by atoms with Gasteiger partial charge in [0.05, 0.1) is 21.3 Å². The summed E-state index contributed by atoms with van der Waals surface area (Å²) in [4.78, 5) is 33.5. The fourth-order valence-corrected chi connectivity index (χ4v) is 1.48. The van der Waals surface area contributed by atoms with Crippen molar-refractivity contribution in [1.82, 2.24) is 0 Å². The Bertz CT molecular complexity index is 621. The van der Waals surface area contributed by atoms with Crippen molar-refractivity contribution in [3.8, 4) is 11.5 Å². The van der Waals surface area contributed by atoms with Crippen molar-refractivity contribution in [2.24, 2.45) is 0 Å². The normalized spacial score (nSPS) is 10.1. The number of hydrogen-bond donors (Lipinski definition) is 0. The number of carbonyl (C=O) groups is 3. The number of hydrogen-bond acceptors (Lipinski definition) is 8. The average molecular weight is 338 g/mol. The molecule has 0 aliphatic rings. The predicted octanol–water partition coefficient (Wildman–Crippen LogP) is 0.976. The van der Waals surface area contributed by atoms with Crippen LogP contribution in [0.25, 0.3) is 6.08 Å². The Labute approximate surface area is 138 Å². The Morgan fingerprint density at radius 1 is 0.875 bits per heavy atom. The summed E-state index contributed by atoms with van der Waals surface area (Å²) in [6.07, 6.45) is 2.73. The molecule has 0 aliphatic heterocycles. The van der Waals surface area contributed by atoms with E-state index in [4.69, 9.17) is 9.47 Å². The largest absolute Gasteiger partial charge is 0.478 e. The molecular weight excluding hydrogens is 320 g/mol. The van der Waals surface area contributed by atoms with Gasteiger partial charge in [-0.25, -0.2) is 14.4 Å². The van der Waals surface area contributed by atoms with Crippen LogP contribution >= 0.6 is 0 Å². The highest BCUT2D eigenvalue weighted by Gasteiger charge is 2.11. The summed E-state index contributed by atoms with van der Waals surface area (Å²) in [5.41, 5.74) is 0.602. The number of rotatable bonds is 8. The number of benzene rings is 1. The molecule has 0 aliphatic carbocycles. The maximum absolute atomic E-state index is 11.2. The Morgan fingerprint density at radius 2 is 1.46 bits per heavy atom. The molecule has 0 spiro atoms. The van der Waals surface area contributed by atoms with Crippen molar-refractivity contribution < 1.29 is 38.1 Å². The Hall–Kier alpha value is -3.03. The highest BCUT2D eigenvalue weighted by molar-refractivity contribution is 5.87. The first-order valence-corrected chi connectivity index (χ1v) is 6.79. The molecule has 0 fully saturated rings. The summed E-state index contributed by atoms with van der Waals surface area (Å²) in [6.45, 7) is -0.655. The maximum Gasteiger partial charge on any atom is 0.343 e. The Balaban J connectivity index is 2.95. The molecule has 0 saturated carbocycles. The second-order valence-corrected chi connectivity index (χ2v) is 4.29. The second-order valence-electron chi connectivity index (χ2n) is 4.29. The first kappa shape index (κ1) is 19.0. The molecule has 0 amide bonds. The second kappa shape index (κ2) is 9.88. The summed E-state index contributed by atoms with van der Waals surface area (Å²) >= 11 is 0. The van der Waals surface area contributed by atoms with Gasteiger partial charge in [-0.1, -0.05) is 6.07 Å². The van der Waals surface area contributed by atoms with Crippen LogP contribution in [0, 0.1) is 0 Å². The fourth-order valence-electron chi connectivity index (χ4n) is 1.48. The van der Waals surface area contributed by atoms with E-state index in [0.717, 1.165) is 0 Å². The van der Waals surface area contributed by atoms with Gasteiger partial charge in [0.15, 0.2) is 24.7 Å². The molecule has 0 atom stereocenters. The number of esters is 3. The molecular formula is C16H18O8. The van der Waals surface area contributed by atoms with Crippen molar-refractivity contribution in [3.05, 3.63) is 29.8 Å². The van der Waals surface area contributed by atoms with Gasteiger partial charge in [-0.15, -0.1) is 0 Å². The number of ether oxygens (including phenoxy) is 5. The van der Waals surface area contributed by atoms with E-state index >= 15 is 0 Å². The summed E-state index contributed by atoms with van der Waals surface area (Å²) in [5, 5.41) is 0. The predicted molar refractivity (Wildman–Crippen MR) is 82.5 cm³/mol. The van der Waals surface area contributed by atoms with E-state index in [1.165, 1.54) is 45.6 Å². The van der Waals surface area contributed by atoms with E-state index in [1.54, 1.807) is 6.07 Å². The lowest BCUT2D eigenvalue weighted by Gasteiger charge is -2.12. The Morgan fingerprint density at radius 3 is 2.00 bits per heavy atom. The number of carbonyl (C=O) groups excluding carboxylic acids is 3. The van der Waals surface area contributed by atoms with E-state index < -0.39 is 17.9 Å². The van der Waals surface area contributed by atoms with Crippen molar-refractivity contribution in [1.29, 1.82) is 0 Å². The van der Waals surface area contributed by atoms with Gasteiger partial charge in [0.1, 0.15) is 0 Å². The molecule has 0 bridgehead atoms. The van der Waals surface area contributed by atoms with Crippen molar-refractivity contribution in [2.45, 2.75) is 0 Å². The van der Waals surface area contributed by atoms with Crippen LogP contribution in [-0.4, -0.2) is 52.5 Å². The van der Waals surface area contributed by atoms with Crippen LogP contribution in [0.4, 0.5) is 0 Å². The highest BCUT2D eigenvalue weighted by Crippen LogP contribution is 2.29. The monoisotopic (exact) mass is 338 g/mol. The van der Waals surface area contributed by atoms with Crippen molar-refractivity contribution >= 4 is 24.0 Å². The first-order chi connectivity index (χ1) is 11.5. The third-order valence-electron chi connectivity index (χ3n) is 2.73. The lowest BCUT2D eigenvalue weighted by atomic mass is 10.2. The molecule has 1 rings (SSSR count). The molecule has 8 nitrogen and oxygen atoms in total. The van der Waals surface area contributed by atoms with Crippen LogP contribution in [0.1, 0.15) is 5.56 Å². The van der Waals surface area contributed by atoms with Crippen LogP contribution in [0.15, 0.2) is 24.3 Å². The zero-order chi connectivity index (χ0) is 17.9. The van der Waals surface area contributed by atoms with Crippen molar-refractivity contribution in [3.63, 3.8) is 0 Å². The topological polar surface area (TPSA) is 97.4 Å². The molecule has 1 aromatic carbocycles. The van der Waals surface area contributed by atoms with Gasteiger partial charge in [0.25, 0.3) is 0 Å². The van der Waals surface area contributed by atoms with E-state index in [1.807, 2.05) is 0 Å². The first-order valence-electron chi connectivity index (χ1n) is 6.79. The molecule has 0 saturated heterocycles. The Kier molecular flexibility index (Phi) is 7.83. The summed E-state index contributed by atoms with van der Waals surface area (Å²) in [5.74, 6) is -1.22. The summed E-state index contributed by atoms with van der Waals surface area (Å²) in [6, 6.07) is 4.71.